The quantitative estimate of drug-likeness (QED) is 0.108. The average molecular weight is 1070 g/mol. The van der Waals surface area contributed by atoms with Crippen LogP contribution >= 0.6 is 0 Å². The number of nitrogens with one attached hydrogen (secondary N) is 2. The third kappa shape index (κ3) is 12.7. The molecule has 3 aromatic heterocycles. The van der Waals surface area contributed by atoms with Crippen molar-refractivity contribution in [2.24, 2.45) is 0 Å². The van der Waals surface area contributed by atoms with Crippen molar-refractivity contribution in [3.05, 3.63) is 164 Å². The van der Waals surface area contributed by atoms with E-state index in [1.54, 1.807) is 110 Å². The van der Waals surface area contributed by atoms with Gasteiger partial charge in [-0.25, -0.2) is 19.7 Å². The number of fused-ring (bicyclic) bond motifs is 2. The van der Waals surface area contributed by atoms with E-state index in [4.69, 9.17) is 30.0 Å². The van der Waals surface area contributed by atoms with Crippen LogP contribution in [0.25, 0.3) is 0 Å². The molecule has 9 rings (SSSR count). The van der Waals surface area contributed by atoms with Gasteiger partial charge in [-0.1, -0.05) is 0 Å². The summed E-state index contributed by atoms with van der Waals surface area (Å²) < 4.78 is 12.8. The van der Waals surface area contributed by atoms with Gasteiger partial charge in [-0.05, 0) is 150 Å². The van der Waals surface area contributed by atoms with Gasteiger partial charge in [-0.2, -0.15) is 31.0 Å². The van der Waals surface area contributed by atoms with Gasteiger partial charge in [-0.3, -0.25) is 19.5 Å². The maximum Gasteiger partial charge on any atom is 0.408 e. The number of rotatable bonds is 11. The Morgan fingerprint density at radius 3 is 1.45 bits per heavy atom. The maximum absolute atomic E-state index is 13.6. The molecule has 2 aliphatic rings. The number of benzene rings is 4. The molecule has 7 aromatic rings. The minimum atomic E-state index is -1.17. The van der Waals surface area contributed by atoms with Crippen LogP contribution in [0.5, 0.6) is 23.3 Å². The highest BCUT2D eigenvalue weighted by molar-refractivity contribution is 5.92. The molecule has 0 saturated heterocycles. The van der Waals surface area contributed by atoms with E-state index >= 15 is 0 Å². The molecular weight excluding hydrogens is 1010 g/mol. The van der Waals surface area contributed by atoms with Gasteiger partial charge < -0.3 is 35.0 Å². The van der Waals surface area contributed by atoms with E-state index in [9.17, 15) is 30.0 Å². The highest BCUT2D eigenvalue weighted by atomic mass is 16.5. The van der Waals surface area contributed by atoms with Gasteiger partial charge in [0.05, 0.1) is 88.3 Å². The van der Waals surface area contributed by atoms with Crippen LogP contribution in [0.3, 0.4) is 0 Å². The third-order valence-corrected chi connectivity index (χ3v) is 13.2. The first-order valence-corrected chi connectivity index (χ1v) is 25.4. The van der Waals surface area contributed by atoms with Gasteiger partial charge in [0.1, 0.15) is 23.2 Å². The van der Waals surface area contributed by atoms with E-state index in [0.717, 1.165) is 38.5 Å². The maximum atomic E-state index is 13.6. The molecule has 21 nitrogen and oxygen atoms in total. The zero-order valence-electron chi connectivity index (χ0n) is 45.3. The number of nitriles is 4. The molecule has 4 aromatic carbocycles. The first-order chi connectivity index (χ1) is 38.3. The number of carboxylic acid groups (broad SMARTS) is 1. The number of hydrogen-bond acceptors (Lipinski definition) is 17. The van der Waals surface area contributed by atoms with Crippen LogP contribution in [0.2, 0.25) is 0 Å². The smallest absolute Gasteiger partial charge is 0.408 e. The molecule has 0 fully saturated rings. The number of carbonyl (C=O) groups excluding carboxylic acids is 2. The molecule has 0 unspecified atom stereocenters. The molecule has 0 bridgehead atoms. The van der Waals surface area contributed by atoms with E-state index < -0.39 is 17.7 Å². The second-order valence-corrected chi connectivity index (χ2v) is 20.1. The van der Waals surface area contributed by atoms with Crippen LogP contribution in [0.4, 0.5) is 28.1 Å². The monoisotopic (exact) mass is 1070 g/mol. The Morgan fingerprint density at radius 1 is 0.637 bits per heavy atom. The zero-order chi connectivity index (χ0) is 57.4. The van der Waals surface area contributed by atoms with Gasteiger partial charge >= 0.3 is 6.09 Å². The number of anilines is 4. The average Bonchev–Trinajstić information content (AvgIpc) is 3.48. The fourth-order valence-electron chi connectivity index (χ4n) is 9.45. The molecule has 3 N–H and O–H groups in total. The fraction of sp³-hybridized carbons (Fsp3) is 0.271. The molecule has 0 aliphatic carbocycles. The van der Waals surface area contributed by atoms with Crippen LogP contribution in [0, 0.1) is 73.0 Å². The number of ether oxygens (including phenoxy) is 2. The van der Waals surface area contributed by atoms with Crippen molar-refractivity contribution in [3.63, 3.8) is 0 Å². The summed E-state index contributed by atoms with van der Waals surface area (Å²) in [5.41, 5.74) is 8.87. The molecule has 21 heteroatoms. The lowest BCUT2D eigenvalue weighted by molar-refractivity contribution is -0.138. The summed E-state index contributed by atoms with van der Waals surface area (Å²) in [5, 5.41) is 53.1. The van der Waals surface area contributed by atoms with Gasteiger partial charge in [0.2, 0.25) is 29.6 Å². The summed E-state index contributed by atoms with van der Waals surface area (Å²) in [5.74, 6) is 1.76. The largest absolute Gasteiger partial charge is 0.465 e. The molecule has 2 aliphatic heterocycles. The summed E-state index contributed by atoms with van der Waals surface area (Å²) in [4.78, 5) is 70.1. The molecule has 1 atom stereocenters. The zero-order valence-corrected chi connectivity index (χ0v) is 45.3. The topological polar surface area (TPSA) is 296 Å². The molecule has 3 amide bonds. The van der Waals surface area contributed by atoms with E-state index in [1.807, 2.05) is 27.7 Å². The Hall–Kier alpha value is -10.5. The molecule has 402 valence electrons. The first kappa shape index (κ1) is 55.7. The first-order valence-electron chi connectivity index (χ1n) is 25.4. The molecule has 5 heterocycles. The fourth-order valence-corrected chi connectivity index (χ4v) is 9.45. The number of nitrogens with zero attached hydrogens (tertiary/aromatic N) is 13. The summed E-state index contributed by atoms with van der Waals surface area (Å²) in [7, 11) is 0. The van der Waals surface area contributed by atoms with Crippen LogP contribution in [0.1, 0.15) is 105 Å². The second kappa shape index (κ2) is 23.8. The Morgan fingerprint density at radius 2 is 1.06 bits per heavy atom. The lowest BCUT2D eigenvalue weighted by atomic mass is 10.0. The predicted molar refractivity (Wildman–Crippen MR) is 293 cm³/mol. The van der Waals surface area contributed by atoms with Crippen LogP contribution in [-0.4, -0.2) is 92.3 Å². The van der Waals surface area contributed by atoms with E-state index in [-0.39, 0.29) is 42.4 Å². The highest BCUT2D eigenvalue weighted by Crippen LogP contribution is 2.37. The molecular formula is C59H55N15O6. The van der Waals surface area contributed by atoms with E-state index in [2.05, 4.69) is 54.8 Å². The van der Waals surface area contributed by atoms with Crippen molar-refractivity contribution in [2.45, 2.75) is 92.9 Å². The Balaban J connectivity index is 0.000000211. The number of carbonyl (C=O) groups is 3. The normalized spacial score (nSPS) is 12.8. The van der Waals surface area contributed by atoms with Crippen molar-refractivity contribution in [1.82, 2.24) is 44.6 Å². The second-order valence-electron chi connectivity index (χ2n) is 20.1. The SMILES string of the molecule is Cc1cc(C#N)cc(C)c1Oc1nc(Nc2ccc(C#N)cc2)nc2c1CN(C(=O)[C@H](C)N(C(=O)O)C(C)(C)C)CC2.Cc1cc(C#N)cc(C)c1Oc1nc(Nc2ccc(C#N)cc2)nc2c1CN(C(=O)c1cnccn1)CC2. The summed E-state index contributed by atoms with van der Waals surface area (Å²) >= 11 is 0. The number of aromatic nitrogens is 6. The van der Waals surface area contributed by atoms with Crippen LogP contribution in [-0.2, 0) is 30.7 Å². The summed E-state index contributed by atoms with van der Waals surface area (Å²) in [6, 6.07) is 28.4. The molecule has 0 saturated carbocycles. The van der Waals surface area contributed by atoms with E-state index in [0.29, 0.717) is 94.0 Å². The number of hydrogen-bond donors (Lipinski definition) is 3. The van der Waals surface area contributed by atoms with Crippen molar-refractivity contribution >= 4 is 41.2 Å². The van der Waals surface area contributed by atoms with Gasteiger partial charge in [-0.15, -0.1) is 0 Å². The van der Waals surface area contributed by atoms with Gasteiger partial charge in [0, 0.05) is 55.2 Å². The lowest BCUT2D eigenvalue weighted by Gasteiger charge is -2.40. The third-order valence-electron chi connectivity index (χ3n) is 13.2. The Kier molecular flexibility index (Phi) is 16.6. The summed E-state index contributed by atoms with van der Waals surface area (Å²) in [6.45, 7) is 15.4. The predicted octanol–water partition coefficient (Wildman–Crippen LogP) is 9.79. The highest BCUT2D eigenvalue weighted by Gasteiger charge is 2.38. The Bertz CT molecular complexity index is 3660. The van der Waals surface area contributed by atoms with Crippen LogP contribution in [0.15, 0.2) is 91.4 Å². The standard InChI is InChI=1S/C31H33N7O4.C28H22N8O2/c1-18-13-22(16-33)14-19(2)26(18)42-27-24-17-37(28(39)20(3)38(30(40)41)31(4,5)6)12-11-25(24)35-29(36-27)34-23-9-7-21(15-32)8-10-23;1-17-11-20(14-30)12-18(2)25(17)38-26-22-16-36(27(37)24-15-31-8-9-32-24)10-7-23(22)34-28(35-26)33-21-5-3-19(13-29)4-6-21/h7-10,13-14,20H,11-12,17H2,1-6H3,(H,40,41)(H,34,35,36);3-6,8-9,11-12,15H,7,10,16H2,1-2H3,(H,33,34,35)/t20-;/m0./s1. The molecule has 80 heavy (non-hydrogen) atoms. The molecule has 0 spiro atoms. The van der Waals surface area contributed by atoms with Crippen molar-refractivity contribution in [1.29, 1.82) is 21.0 Å². The number of amides is 3. The van der Waals surface area contributed by atoms with Gasteiger partial charge in [0.25, 0.3) is 5.91 Å². The van der Waals surface area contributed by atoms with Gasteiger partial charge in [0.15, 0.2) is 0 Å². The van der Waals surface area contributed by atoms with Crippen LogP contribution < -0.4 is 20.1 Å². The Labute approximate surface area is 462 Å². The summed E-state index contributed by atoms with van der Waals surface area (Å²) in [6.07, 6.45) is 4.18. The van der Waals surface area contributed by atoms with Crippen molar-refractivity contribution in [2.75, 3.05) is 23.7 Å². The number of aryl methyl sites for hydroxylation is 4. The van der Waals surface area contributed by atoms with Crippen molar-refractivity contribution < 1.29 is 29.0 Å². The minimum Gasteiger partial charge on any atom is -0.465 e. The minimum absolute atomic E-state index is 0.136. The lowest BCUT2D eigenvalue weighted by Crippen LogP contribution is -2.56. The van der Waals surface area contributed by atoms with E-state index in [1.165, 1.54) is 18.6 Å². The van der Waals surface area contributed by atoms with Crippen molar-refractivity contribution in [3.8, 4) is 47.5 Å². The molecule has 0 radical (unpaired) electrons.